The van der Waals surface area contributed by atoms with Crippen LogP contribution in [0.1, 0.15) is 17.3 Å². The molecule has 1 aromatic heterocycles. The van der Waals surface area contributed by atoms with Crippen LogP contribution in [0.15, 0.2) is 22.8 Å². The maximum atomic E-state index is 11.6. The first-order chi connectivity index (χ1) is 7.24. The van der Waals surface area contributed by atoms with Crippen LogP contribution in [0.5, 0.6) is 0 Å². The number of esters is 1. The van der Waals surface area contributed by atoms with Crippen molar-refractivity contribution in [3.63, 3.8) is 0 Å². The van der Waals surface area contributed by atoms with Crippen molar-refractivity contribution >= 4 is 32.8 Å². The Morgan fingerprint density at radius 1 is 1.60 bits per heavy atom. The van der Waals surface area contributed by atoms with Crippen molar-refractivity contribution in [2.45, 2.75) is 6.92 Å². The molecule has 0 saturated carbocycles. The number of nitrogens with one attached hydrogen (secondary N) is 1. The smallest absolute Gasteiger partial charge is 0.338 e. The van der Waals surface area contributed by atoms with Crippen molar-refractivity contribution in [1.29, 1.82) is 0 Å². The lowest BCUT2D eigenvalue weighted by Crippen LogP contribution is -2.04. The molecule has 2 aromatic rings. The second-order valence-corrected chi connectivity index (χ2v) is 3.83. The van der Waals surface area contributed by atoms with Crippen LogP contribution in [-0.4, -0.2) is 22.8 Å². The number of carbonyl (C=O) groups excluding carboxylic acids is 1. The lowest BCUT2D eigenvalue weighted by Gasteiger charge is -2.03. The molecule has 0 saturated heterocycles. The van der Waals surface area contributed by atoms with Crippen LogP contribution in [0.25, 0.3) is 10.9 Å². The Hall–Kier alpha value is -1.36. The molecule has 0 aliphatic heterocycles. The fourth-order valence-corrected chi connectivity index (χ4v) is 1.82. The van der Waals surface area contributed by atoms with E-state index < -0.39 is 0 Å². The number of fused-ring (bicyclic) bond motifs is 1. The number of H-pyrrole nitrogens is 1. The summed E-state index contributed by atoms with van der Waals surface area (Å²) in [5.41, 5.74) is 1.34. The number of rotatable bonds is 2. The molecule has 0 bridgehead atoms. The van der Waals surface area contributed by atoms with E-state index in [2.05, 4.69) is 26.1 Å². The molecule has 0 radical (unpaired) electrons. The normalized spacial score (nSPS) is 10.5. The number of carbonyl (C=O) groups is 1. The zero-order chi connectivity index (χ0) is 10.8. The predicted octanol–water partition coefficient (Wildman–Crippen LogP) is 2.50. The molecular formula is C10H9BrN2O2. The summed E-state index contributed by atoms with van der Waals surface area (Å²) in [4.78, 5) is 11.6. The van der Waals surface area contributed by atoms with E-state index in [1.54, 1.807) is 25.3 Å². The van der Waals surface area contributed by atoms with Gasteiger partial charge in [-0.1, -0.05) is 0 Å². The number of nitrogens with zero attached hydrogens (tertiary/aromatic N) is 1. The van der Waals surface area contributed by atoms with Crippen LogP contribution in [0, 0.1) is 0 Å². The largest absolute Gasteiger partial charge is 0.462 e. The summed E-state index contributed by atoms with van der Waals surface area (Å²) < 4.78 is 5.83. The fraction of sp³-hybridized carbons (Fsp3) is 0.200. The van der Waals surface area contributed by atoms with Gasteiger partial charge in [0.25, 0.3) is 0 Å². The number of benzene rings is 1. The molecule has 15 heavy (non-hydrogen) atoms. The second kappa shape index (κ2) is 4.02. The topological polar surface area (TPSA) is 55.0 Å². The zero-order valence-electron chi connectivity index (χ0n) is 8.08. The molecule has 1 aromatic carbocycles. The number of hydrogen-bond acceptors (Lipinski definition) is 3. The zero-order valence-corrected chi connectivity index (χ0v) is 9.67. The molecule has 0 spiro atoms. The molecule has 5 heteroatoms. The molecule has 2 rings (SSSR count). The number of ether oxygens (including phenoxy) is 1. The van der Waals surface area contributed by atoms with Gasteiger partial charge in [0.1, 0.15) is 0 Å². The highest BCUT2D eigenvalue weighted by Crippen LogP contribution is 2.25. The van der Waals surface area contributed by atoms with E-state index in [9.17, 15) is 4.79 Å². The molecule has 1 heterocycles. The van der Waals surface area contributed by atoms with Gasteiger partial charge in [-0.05, 0) is 35.0 Å². The van der Waals surface area contributed by atoms with E-state index in [-0.39, 0.29) is 5.97 Å². The van der Waals surface area contributed by atoms with Crippen LogP contribution < -0.4 is 0 Å². The Kier molecular flexibility index (Phi) is 2.73. The number of aromatic amines is 1. The van der Waals surface area contributed by atoms with E-state index >= 15 is 0 Å². The van der Waals surface area contributed by atoms with Gasteiger partial charge in [-0.25, -0.2) is 4.79 Å². The van der Waals surface area contributed by atoms with Gasteiger partial charge < -0.3 is 4.74 Å². The third-order valence-electron chi connectivity index (χ3n) is 2.06. The van der Waals surface area contributed by atoms with Crippen LogP contribution in [0.4, 0.5) is 0 Å². The van der Waals surface area contributed by atoms with Crippen molar-refractivity contribution < 1.29 is 9.53 Å². The molecule has 0 amide bonds. The highest BCUT2D eigenvalue weighted by Gasteiger charge is 2.13. The standard InChI is InChI=1S/C10H9BrN2O2/c1-2-15-10(14)6-3-4-8(11)9-7(6)5-12-13-9/h3-5H,2H2,1H3,(H,12,13). The SMILES string of the molecule is CCOC(=O)c1ccc(Br)c2[nH]ncc12. The monoisotopic (exact) mass is 268 g/mol. The fourth-order valence-electron chi connectivity index (χ4n) is 1.39. The maximum absolute atomic E-state index is 11.6. The van der Waals surface area contributed by atoms with Gasteiger partial charge in [-0.15, -0.1) is 0 Å². The van der Waals surface area contributed by atoms with Gasteiger partial charge in [0.05, 0.1) is 23.9 Å². The minimum absolute atomic E-state index is 0.323. The van der Waals surface area contributed by atoms with Crippen LogP contribution in [0.2, 0.25) is 0 Å². The Balaban J connectivity index is 2.57. The molecule has 0 aliphatic rings. The van der Waals surface area contributed by atoms with E-state index in [4.69, 9.17) is 4.74 Å². The Morgan fingerprint density at radius 3 is 3.13 bits per heavy atom. The van der Waals surface area contributed by atoms with Gasteiger partial charge in [0.15, 0.2) is 0 Å². The Morgan fingerprint density at radius 2 is 2.40 bits per heavy atom. The minimum atomic E-state index is -0.323. The van der Waals surface area contributed by atoms with Crippen LogP contribution in [0.3, 0.4) is 0 Å². The molecule has 0 fully saturated rings. The number of halogens is 1. The lowest BCUT2D eigenvalue weighted by atomic mass is 10.1. The van der Waals surface area contributed by atoms with Gasteiger partial charge in [-0.3, -0.25) is 5.10 Å². The Labute approximate surface area is 94.7 Å². The molecule has 4 nitrogen and oxygen atoms in total. The van der Waals surface area contributed by atoms with Crippen molar-refractivity contribution in [1.82, 2.24) is 10.2 Å². The summed E-state index contributed by atoms with van der Waals surface area (Å²) in [5, 5.41) is 7.49. The van der Waals surface area contributed by atoms with Crippen LogP contribution >= 0.6 is 15.9 Å². The molecule has 78 valence electrons. The third kappa shape index (κ3) is 1.74. The van der Waals surface area contributed by atoms with E-state index in [0.29, 0.717) is 12.2 Å². The van der Waals surface area contributed by atoms with Crippen molar-refractivity contribution in [3.05, 3.63) is 28.4 Å². The molecule has 0 unspecified atom stereocenters. The maximum Gasteiger partial charge on any atom is 0.338 e. The summed E-state index contributed by atoms with van der Waals surface area (Å²) in [7, 11) is 0. The summed E-state index contributed by atoms with van der Waals surface area (Å²) in [6, 6.07) is 3.52. The van der Waals surface area contributed by atoms with Crippen LogP contribution in [-0.2, 0) is 4.74 Å². The molecular weight excluding hydrogens is 260 g/mol. The lowest BCUT2D eigenvalue weighted by molar-refractivity contribution is 0.0528. The first-order valence-corrected chi connectivity index (χ1v) is 5.32. The minimum Gasteiger partial charge on any atom is -0.462 e. The second-order valence-electron chi connectivity index (χ2n) is 2.97. The Bertz CT molecular complexity index is 507. The summed E-state index contributed by atoms with van der Waals surface area (Å²) >= 11 is 3.37. The number of aromatic nitrogens is 2. The van der Waals surface area contributed by atoms with Crippen molar-refractivity contribution in [2.75, 3.05) is 6.61 Å². The summed E-state index contributed by atoms with van der Waals surface area (Å²) in [6.07, 6.45) is 1.62. The molecule has 0 aliphatic carbocycles. The predicted molar refractivity (Wildman–Crippen MR) is 59.8 cm³/mol. The summed E-state index contributed by atoms with van der Waals surface area (Å²) in [6.45, 7) is 2.15. The first-order valence-electron chi connectivity index (χ1n) is 4.52. The average Bonchev–Trinajstić information content (AvgIpc) is 2.68. The van der Waals surface area contributed by atoms with Gasteiger partial charge >= 0.3 is 5.97 Å². The van der Waals surface area contributed by atoms with E-state index in [1.165, 1.54) is 0 Å². The summed E-state index contributed by atoms with van der Waals surface area (Å²) in [5.74, 6) is -0.323. The highest BCUT2D eigenvalue weighted by atomic mass is 79.9. The van der Waals surface area contributed by atoms with E-state index in [1.807, 2.05) is 0 Å². The van der Waals surface area contributed by atoms with Crippen molar-refractivity contribution in [3.8, 4) is 0 Å². The van der Waals surface area contributed by atoms with Gasteiger partial charge in [-0.2, -0.15) is 5.10 Å². The molecule has 0 atom stereocenters. The average molecular weight is 269 g/mol. The van der Waals surface area contributed by atoms with Gasteiger partial charge in [0.2, 0.25) is 0 Å². The van der Waals surface area contributed by atoms with Crippen molar-refractivity contribution in [2.24, 2.45) is 0 Å². The first kappa shape index (κ1) is 10.2. The van der Waals surface area contributed by atoms with E-state index in [0.717, 1.165) is 15.4 Å². The molecule has 1 N–H and O–H groups in total. The highest BCUT2D eigenvalue weighted by molar-refractivity contribution is 9.10. The van der Waals surface area contributed by atoms with Gasteiger partial charge in [0, 0.05) is 9.86 Å². The number of hydrogen-bond donors (Lipinski definition) is 1. The quantitative estimate of drug-likeness (QED) is 0.852. The third-order valence-corrected chi connectivity index (χ3v) is 2.72.